The van der Waals surface area contributed by atoms with E-state index in [2.05, 4.69) is 25.8 Å². The standard InChI is InChI=1S/C14H19N3O/c1-14(2,3)12-5-4-6-17(12)13(18)11-7-10(8-15)9-16-11/h7,9,12,16H,4-6H2,1-3H3. The van der Waals surface area contributed by atoms with Crippen LogP contribution in [0.15, 0.2) is 12.3 Å². The molecule has 1 atom stereocenters. The summed E-state index contributed by atoms with van der Waals surface area (Å²) in [4.78, 5) is 17.2. The van der Waals surface area contributed by atoms with Crippen molar-refractivity contribution in [3.8, 4) is 6.07 Å². The van der Waals surface area contributed by atoms with Gasteiger partial charge in [-0.1, -0.05) is 20.8 Å². The van der Waals surface area contributed by atoms with Crippen LogP contribution in [0.25, 0.3) is 0 Å². The summed E-state index contributed by atoms with van der Waals surface area (Å²) >= 11 is 0. The number of aromatic nitrogens is 1. The maximum absolute atomic E-state index is 12.4. The summed E-state index contributed by atoms with van der Waals surface area (Å²) in [7, 11) is 0. The number of nitrogens with one attached hydrogen (secondary N) is 1. The predicted octanol–water partition coefficient (Wildman–Crippen LogP) is 2.54. The van der Waals surface area contributed by atoms with Gasteiger partial charge in [-0.3, -0.25) is 4.79 Å². The van der Waals surface area contributed by atoms with Gasteiger partial charge in [-0.25, -0.2) is 0 Å². The molecule has 0 aliphatic carbocycles. The maximum Gasteiger partial charge on any atom is 0.270 e. The van der Waals surface area contributed by atoms with Gasteiger partial charge in [-0.2, -0.15) is 5.26 Å². The summed E-state index contributed by atoms with van der Waals surface area (Å²) in [5.41, 5.74) is 1.11. The first-order valence-corrected chi connectivity index (χ1v) is 6.33. The highest BCUT2D eigenvalue weighted by Gasteiger charge is 2.37. The Morgan fingerprint density at radius 1 is 1.56 bits per heavy atom. The molecule has 4 nitrogen and oxygen atoms in total. The third-order valence-electron chi connectivity index (χ3n) is 3.56. The van der Waals surface area contributed by atoms with Crippen molar-refractivity contribution in [2.75, 3.05) is 6.54 Å². The lowest BCUT2D eigenvalue weighted by atomic mass is 9.85. The van der Waals surface area contributed by atoms with Crippen molar-refractivity contribution < 1.29 is 4.79 Å². The fourth-order valence-corrected chi connectivity index (χ4v) is 2.65. The Bertz CT molecular complexity index is 490. The van der Waals surface area contributed by atoms with Gasteiger partial charge in [0.05, 0.1) is 5.56 Å². The Labute approximate surface area is 108 Å². The molecule has 0 radical (unpaired) electrons. The Morgan fingerprint density at radius 2 is 2.28 bits per heavy atom. The maximum atomic E-state index is 12.4. The molecule has 0 spiro atoms. The molecule has 1 unspecified atom stereocenters. The highest BCUT2D eigenvalue weighted by atomic mass is 16.2. The number of H-pyrrole nitrogens is 1. The van der Waals surface area contributed by atoms with Gasteiger partial charge >= 0.3 is 0 Å². The lowest BCUT2D eigenvalue weighted by molar-refractivity contribution is 0.0621. The molecule has 1 saturated heterocycles. The first-order valence-electron chi connectivity index (χ1n) is 6.33. The minimum Gasteiger partial charge on any atom is -0.356 e. The van der Waals surface area contributed by atoms with Gasteiger partial charge in [0.2, 0.25) is 0 Å². The van der Waals surface area contributed by atoms with Crippen molar-refractivity contribution in [1.82, 2.24) is 9.88 Å². The smallest absolute Gasteiger partial charge is 0.270 e. The van der Waals surface area contributed by atoms with Crippen molar-refractivity contribution in [1.29, 1.82) is 5.26 Å². The number of likely N-dealkylation sites (tertiary alicyclic amines) is 1. The summed E-state index contributed by atoms with van der Waals surface area (Å²) in [6, 6.07) is 3.93. The van der Waals surface area contributed by atoms with Crippen LogP contribution in [0.2, 0.25) is 0 Å². The van der Waals surface area contributed by atoms with Crippen LogP contribution < -0.4 is 0 Å². The van der Waals surface area contributed by atoms with E-state index in [9.17, 15) is 4.79 Å². The molecule has 1 aliphatic rings. The van der Waals surface area contributed by atoms with Gasteiger partial charge in [0.25, 0.3) is 5.91 Å². The Hall–Kier alpha value is -1.76. The average Bonchev–Trinajstić information content (AvgIpc) is 2.96. The number of nitrogens with zero attached hydrogens (tertiary/aromatic N) is 2. The number of nitriles is 1. The van der Waals surface area contributed by atoms with Gasteiger partial charge in [0.1, 0.15) is 11.8 Å². The second-order valence-electron chi connectivity index (χ2n) is 5.94. The minimum absolute atomic E-state index is 0.00826. The molecule has 1 N–H and O–H groups in total. The normalized spacial score (nSPS) is 19.9. The van der Waals surface area contributed by atoms with Crippen molar-refractivity contribution in [2.24, 2.45) is 5.41 Å². The van der Waals surface area contributed by atoms with E-state index < -0.39 is 0 Å². The van der Waals surface area contributed by atoms with E-state index in [1.807, 2.05) is 11.0 Å². The first-order chi connectivity index (χ1) is 8.43. The van der Waals surface area contributed by atoms with Crippen molar-refractivity contribution >= 4 is 5.91 Å². The number of aromatic amines is 1. The third-order valence-corrected chi connectivity index (χ3v) is 3.56. The fraction of sp³-hybridized carbons (Fsp3) is 0.571. The predicted molar refractivity (Wildman–Crippen MR) is 69.0 cm³/mol. The molecule has 2 rings (SSSR count). The van der Waals surface area contributed by atoms with Gasteiger partial charge in [0.15, 0.2) is 0 Å². The molecule has 0 bridgehead atoms. The average molecular weight is 245 g/mol. The summed E-state index contributed by atoms with van der Waals surface area (Å²) < 4.78 is 0. The van der Waals surface area contributed by atoms with Gasteiger partial charge in [-0.15, -0.1) is 0 Å². The monoisotopic (exact) mass is 245 g/mol. The fourth-order valence-electron chi connectivity index (χ4n) is 2.65. The van der Waals surface area contributed by atoms with Gasteiger partial charge < -0.3 is 9.88 Å². The van der Waals surface area contributed by atoms with Crippen LogP contribution in [-0.2, 0) is 0 Å². The van der Waals surface area contributed by atoms with Crippen LogP contribution in [0.3, 0.4) is 0 Å². The molecule has 1 aliphatic heterocycles. The van der Waals surface area contributed by atoms with Gasteiger partial charge in [0, 0.05) is 18.8 Å². The number of carbonyl (C=O) groups excluding carboxylic acids is 1. The van der Waals surface area contributed by atoms with Crippen LogP contribution in [0, 0.1) is 16.7 Å². The van der Waals surface area contributed by atoms with E-state index in [1.165, 1.54) is 0 Å². The van der Waals surface area contributed by atoms with E-state index in [0.717, 1.165) is 19.4 Å². The van der Waals surface area contributed by atoms with E-state index in [0.29, 0.717) is 11.3 Å². The molecule has 0 aromatic carbocycles. The largest absolute Gasteiger partial charge is 0.356 e. The summed E-state index contributed by atoms with van der Waals surface area (Å²) in [5.74, 6) is 0.00826. The molecular weight excluding hydrogens is 226 g/mol. The van der Waals surface area contributed by atoms with E-state index in [1.54, 1.807) is 12.3 Å². The topological polar surface area (TPSA) is 59.9 Å². The number of rotatable bonds is 1. The first kappa shape index (κ1) is 12.7. The van der Waals surface area contributed by atoms with Crippen molar-refractivity contribution in [3.05, 3.63) is 23.5 Å². The third kappa shape index (κ3) is 2.26. The molecular formula is C14H19N3O. The van der Waals surface area contributed by atoms with Crippen LogP contribution >= 0.6 is 0 Å². The van der Waals surface area contributed by atoms with Crippen LogP contribution in [0.4, 0.5) is 0 Å². The minimum atomic E-state index is 0.00826. The van der Waals surface area contributed by atoms with E-state index >= 15 is 0 Å². The highest BCUT2D eigenvalue weighted by molar-refractivity contribution is 5.93. The second-order valence-corrected chi connectivity index (χ2v) is 5.94. The zero-order valence-corrected chi connectivity index (χ0v) is 11.2. The van der Waals surface area contributed by atoms with E-state index in [4.69, 9.17) is 5.26 Å². The molecule has 1 aromatic rings. The number of hydrogen-bond acceptors (Lipinski definition) is 2. The van der Waals surface area contributed by atoms with Crippen molar-refractivity contribution in [3.63, 3.8) is 0 Å². The zero-order valence-electron chi connectivity index (χ0n) is 11.2. The second kappa shape index (κ2) is 4.49. The molecule has 0 saturated carbocycles. The Kier molecular flexibility index (Phi) is 3.16. The molecule has 4 heteroatoms. The summed E-state index contributed by atoms with van der Waals surface area (Å²) in [5, 5.41) is 8.78. The van der Waals surface area contributed by atoms with Crippen LogP contribution in [0.1, 0.15) is 49.7 Å². The molecule has 2 heterocycles. The summed E-state index contributed by atoms with van der Waals surface area (Å²) in [6.07, 6.45) is 3.69. The Balaban J connectivity index is 2.21. The molecule has 96 valence electrons. The number of amides is 1. The Morgan fingerprint density at radius 3 is 2.83 bits per heavy atom. The molecule has 1 aromatic heterocycles. The highest BCUT2D eigenvalue weighted by Crippen LogP contribution is 2.33. The molecule has 1 fully saturated rings. The lowest BCUT2D eigenvalue weighted by Gasteiger charge is -2.34. The van der Waals surface area contributed by atoms with Crippen molar-refractivity contribution in [2.45, 2.75) is 39.7 Å². The SMILES string of the molecule is CC(C)(C)C1CCCN1C(=O)c1cc(C#N)c[nH]1. The lowest BCUT2D eigenvalue weighted by Crippen LogP contribution is -2.43. The number of hydrogen-bond donors (Lipinski definition) is 1. The summed E-state index contributed by atoms with van der Waals surface area (Å²) in [6.45, 7) is 7.30. The zero-order chi connectivity index (χ0) is 13.3. The quantitative estimate of drug-likeness (QED) is 0.826. The van der Waals surface area contributed by atoms with Crippen LogP contribution in [-0.4, -0.2) is 28.4 Å². The van der Waals surface area contributed by atoms with Crippen LogP contribution in [0.5, 0.6) is 0 Å². The van der Waals surface area contributed by atoms with E-state index in [-0.39, 0.29) is 17.4 Å². The molecule has 1 amide bonds. The van der Waals surface area contributed by atoms with Gasteiger partial charge in [-0.05, 0) is 24.3 Å². The number of carbonyl (C=O) groups is 1. The molecule has 18 heavy (non-hydrogen) atoms.